The van der Waals surface area contributed by atoms with E-state index in [1.807, 2.05) is 37.3 Å². The summed E-state index contributed by atoms with van der Waals surface area (Å²) in [5, 5.41) is 5.79. The number of carbonyl (C=O) groups is 2. The van der Waals surface area contributed by atoms with E-state index in [1.54, 1.807) is 11.1 Å². The number of rotatable bonds is 4. The molecule has 1 saturated carbocycles. The van der Waals surface area contributed by atoms with Crippen LogP contribution in [0.3, 0.4) is 0 Å². The van der Waals surface area contributed by atoms with Crippen LogP contribution in [0.25, 0.3) is 11.3 Å². The van der Waals surface area contributed by atoms with Crippen LogP contribution in [0.5, 0.6) is 0 Å². The van der Waals surface area contributed by atoms with Crippen LogP contribution < -0.4 is 15.5 Å². The molecule has 6 heteroatoms. The second kappa shape index (κ2) is 6.20. The standard InChI is InChI=1S/C19H20N4O2/c1-12-2-3-13(18(24)22-14-4-5-14)10-16(12)17-7-6-15(11-21-17)23-9-8-20-19(23)25/h2-3,6-7,10-11,14H,4-5,8-9H2,1H3,(H,20,25)(H,22,24). The minimum absolute atomic E-state index is 0.0332. The van der Waals surface area contributed by atoms with Gasteiger partial charge in [-0.3, -0.25) is 14.7 Å². The number of nitrogens with one attached hydrogen (secondary N) is 2. The number of aryl methyl sites for hydroxylation is 1. The van der Waals surface area contributed by atoms with Gasteiger partial charge in [-0.1, -0.05) is 6.07 Å². The van der Waals surface area contributed by atoms with Gasteiger partial charge < -0.3 is 10.6 Å². The Labute approximate surface area is 146 Å². The molecule has 1 saturated heterocycles. The van der Waals surface area contributed by atoms with Crippen molar-refractivity contribution in [1.82, 2.24) is 15.6 Å². The Balaban J connectivity index is 1.59. The summed E-state index contributed by atoms with van der Waals surface area (Å²) < 4.78 is 0. The van der Waals surface area contributed by atoms with E-state index in [9.17, 15) is 9.59 Å². The molecule has 2 aromatic rings. The maximum atomic E-state index is 12.3. The Hall–Kier alpha value is -2.89. The molecule has 6 nitrogen and oxygen atoms in total. The largest absolute Gasteiger partial charge is 0.349 e. The van der Waals surface area contributed by atoms with Gasteiger partial charge in [0.25, 0.3) is 5.91 Å². The van der Waals surface area contributed by atoms with Gasteiger partial charge in [-0.25, -0.2) is 4.79 Å². The normalized spacial score (nSPS) is 16.7. The van der Waals surface area contributed by atoms with Crippen LogP contribution in [0, 0.1) is 6.92 Å². The number of hydrogen-bond donors (Lipinski definition) is 2. The number of benzene rings is 1. The molecule has 2 aliphatic rings. The zero-order chi connectivity index (χ0) is 17.4. The Morgan fingerprint density at radius 3 is 2.76 bits per heavy atom. The first-order valence-corrected chi connectivity index (χ1v) is 8.55. The summed E-state index contributed by atoms with van der Waals surface area (Å²) in [6.07, 6.45) is 3.84. The minimum Gasteiger partial charge on any atom is -0.349 e. The summed E-state index contributed by atoms with van der Waals surface area (Å²) in [5.74, 6) is -0.0332. The molecule has 1 aromatic carbocycles. The van der Waals surface area contributed by atoms with Crippen molar-refractivity contribution in [2.45, 2.75) is 25.8 Å². The molecule has 2 heterocycles. The number of nitrogens with zero attached hydrogens (tertiary/aromatic N) is 2. The van der Waals surface area contributed by atoms with Crippen molar-refractivity contribution >= 4 is 17.6 Å². The van der Waals surface area contributed by atoms with E-state index in [-0.39, 0.29) is 11.9 Å². The molecule has 0 bridgehead atoms. The van der Waals surface area contributed by atoms with Crippen LogP contribution in [0.2, 0.25) is 0 Å². The predicted molar refractivity (Wildman–Crippen MR) is 95.6 cm³/mol. The van der Waals surface area contributed by atoms with Crippen molar-refractivity contribution in [3.05, 3.63) is 47.7 Å². The molecular weight excluding hydrogens is 316 g/mol. The average molecular weight is 336 g/mol. The topological polar surface area (TPSA) is 74.3 Å². The molecular formula is C19H20N4O2. The maximum absolute atomic E-state index is 12.3. The van der Waals surface area contributed by atoms with E-state index in [4.69, 9.17) is 0 Å². The van der Waals surface area contributed by atoms with Crippen LogP contribution in [0.15, 0.2) is 36.5 Å². The Morgan fingerprint density at radius 1 is 1.28 bits per heavy atom. The quantitative estimate of drug-likeness (QED) is 0.901. The highest BCUT2D eigenvalue weighted by Crippen LogP contribution is 2.26. The van der Waals surface area contributed by atoms with Gasteiger partial charge in [0.1, 0.15) is 0 Å². The highest BCUT2D eigenvalue weighted by Gasteiger charge is 2.24. The van der Waals surface area contributed by atoms with Crippen molar-refractivity contribution in [3.63, 3.8) is 0 Å². The van der Waals surface area contributed by atoms with Crippen LogP contribution >= 0.6 is 0 Å². The second-order valence-corrected chi connectivity index (χ2v) is 6.56. The van der Waals surface area contributed by atoms with E-state index in [1.165, 1.54) is 0 Å². The molecule has 2 N–H and O–H groups in total. The second-order valence-electron chi connectivity index (χ2n) is 6.56. The predicted octanol–water partition coefficient (Wildman–Crippen LogP) is 2.48. The smallest absolute Gasteiger partial charge is 0.322 e. The zero-order valence-corrected chi connectivity index (χ0v) is 14.1. The van der Waals surface area contributed by atoms with E-state index in [0.717, 1.165) is 35.3 Å². The van der Waals surface area contributed by atoms with Gasteiger partial charge in [0.15, 0.2) is 0 Å². The fourth-order valence-corrected chi connectivity index (χ4v) is 2.96. The number of carbonyl (C=O) groups excluding carboxylic acids is 2. The van der Waals surface area contributed by atoms with Gasteiger partial charge in [0.2, 0.25) is 0 Å². The molecule has 2 fully saturated rings. The first kappa shape index (κ1) is 15.6. The van der Waals surface area contributed by atoms with Crippen LogP contribution in [-0.2, 0) is 0 Å². The van der Waals surface area contributed by atoms with Crippen LogP contribution in [-0.4, -0.2) is 36.1 Å². The first-order valence-electron chi connectivity index (χ1n) is 8.55. The van der Waals surface area contributed by atoms with E-state index in [0.29, 0.717) is 24.7 Å². The molecule has 1 aliphatic carbocycles. The monoisotopic (exact) mass is 336 g/mol. The van der Waals surface area contributed by atoms with Crippen molar-refractivity contribution < 1.29 is 9.59 Å². The van der Waals surface area contributed by atoms with Crippen LogP contribution in [0.1, 0.15) is 28.8 Å². The fraction of sp³-hybridized carbons (Fsp3) is 0.316. The van der Waals surface area contributed by atoms with Crippen molar-refractivity contribution in [1.29, 1.82) is 0 Å². The molecule has 128 valence electrons. The summed E-state index contributed by atoms with van der Waals surface area (Å²) in [7, 11) is 0. The molecule has 1 aliphatic heterocycles. The summed E-state index contributed by atoms with van der Waals surface area (Å²) >= 11 is 0. The van der Waals surface area contributed by atoms with E-state index < -0.39 is 0 Å². The third kappa shape index (κ3) is 3.20. The first-order chi connectivity index (χ1) is 12.1. The summed E-state index contributed by atoms with van der Waals surface area (Å²) in [6.45, 7) is 3.30. The van der Waals surface area contributed by atoms with Gasteiger partial charge in [-0.05, 0) is 49.6 Å². The molecule has 0 spiro atoms. The molecule has 4 rings (SSSR count). The molecule has 1 aromatic heterocycles. The van der Waals surface area contributed by atoms with Gasteiger partial charge in [0.05, 0.1) is 17.6 Å². The van der Waals surface area contributed by atoms with E-state index >= 15 is 0 Å². The number of aromatic nitrogens is 1. The van der Waals surface area contributed by atoms with Crippen LogP contribution in [0.4, 0.5) is 10.5 Å². The lowest BCUT2D eigenvalue weighted by atomic mass is 10.0. The van der Waals surface area contributed by atoms with Crippen molar-refractivity contribution in [3.8, 4) is 11.3 Å². The third-order valence-corrected chi connectivity index (χ3v) is 4.60. The van der Waals surface area contributed by atoms with Crippen molar-refractivity contribution in [2.24, 2.45) is 0 Å². The Kier molecular flexibility index (Phi) is 3.87. The Bertz CT molecular complexity index is 828. The van der Waals surface area contributed by atoms with Gasteiger partial charge in [0, 0.05) is 30.3 Å². The summed E-state index contributed by atoms with van der Waals surface area (Å²) in [4.78, 5) is 30.2. The SMILES string of the molecule is Cc1ccc(C(=O)NC2CC2)cc1-c1ccc(N2CCNC2=O)cn1. The highest BCUT2D eigenvalue weighted by atomic mass is 16.2. The molecule has 0 atom stereocenters. The molecule has 25 heavy (non-hydrogen) atoms. The van der Waals surface area contributed by atoms with E-state index in [2.05, 4.69) is 15.6 Å². The Morgan fingerprint density at radius 2 is 2.12 bits per heavy atom. The molecule has 0 unspecified atom stereocenters. The maximum Gasteiger partial charge on any atom is 0.322 e. The number of anilines is 1. The lowest BCUT2D eigenvalue weighted by Gasteiger charge is -2.14. The van der Waals surface area contributed by atoms with Gasteiger partial charge in [-0.2, -0.15) is 0 Å². The number of hydrogen-bond acceptors (Lipinski definition) is 3. The highest BCUT2D eigenvalue weighted by molar-refractivity contribution is 5.96. The average Bonchev–Trinajstić information content (AvgIpc) is 3.33. The molecule has 0 radical (unpaired) electrons. The zero-order valence-electron chi connectivity index (χ0n) is 14.1. The summed E-state index contributed by atoms with van der Waals surface area (Å²) in [6, 6.07) is 9.71. The lowest BCUT2D eigenvalue weighted by molar-refractivity contribution is 0.0951. The van der Waals surface area contributed by atoms with Gasteiger partial charge >= 0.3 is 6.03 Å². The summed E-state index contributed by atoms with van der Waals surface area (Å²) in [5.41, 5.74) is 4.21. The number of urea groups is 1. The fourth-order valence-electron chi connectivity index (χ4n) is 2.96. The lowest BCUT2D eigenvalue weighted by Crippen LogP contribution is -2.27. The minimum atomic E-state index is -0.0931. The van der Waals surface area contributed by atoms with Gasteiger partial charge in [-0.15, -0.1) is 0 Å². The third-order valence-electron chi connectivity index (χ3n) is 4.60. The van der Waals surface area contributed by atoms with Crippen molar-refractivity contribution in [2.75, 3.05) is 18.0 Å². The molecule has 3 amide bonds. The number of pyridine rings is 1. The number of amides is 3.